The van der Waals surface area contributed by atoms with E-state index in [9.17, 15) is 9.59 Å². The molecule has 6 heteroatoms. The second-order valence-electron chi connectivity index (χ2n) is 6.04. The normalized spacial score (nSPS) is 11.5. The minimum absolute atomic E-state index is 0.00900. The number of carbonyl (C=O) groups is 2. The molecule has 26 heavy (non-hydrogen) atoms. The van der Waals surface area contributed by atoms with E-state index in [-0.39, 0.29) is 18.0 Å². The lowest BCUT2D eigenvalue weighted by Gasteiger charge is -2.27. The minimum Gasteiger partial charge on any atom is -0.336 e. The summed E-state index contributed by atoms with van der Waals surface area (Å²) in [5.74, 6) is 0.0452. The van der Waals surface area contributed by atoms with E-state index in [1.54, 1.807) is 24.0 Å². The lowest BCUT2D eigenvalue weighted by molar-refractivity contribution is -0.130. The van der Waals surface area contributed by atoms with Crippen LogP contribution in [0.2, 0.25) is 5.02 Å². The van der Waals surface area contributed by atoms with Gasteiger partial charge in [0.05, 0.1) is 6.04 Å². The van der Waals surface area contributed by atoms with Gasteiger partial charge in [0.1, 0.15) is 0 Å². The second-order valence-corrected chi connectivity index (χ2v) is 6.47. The molecule has 0 aromatic heterocycles. The number of nitrogens with zero attached hydrogens (tertiary/aromatic N) is 1. The molecule has 5 nitrogen and oxygen atoms in total. The number of carbonyl (C=O) groups excluding carboxylic acids is 2. The highest BCUT2D eigenvalue weighted by Crippen LogP contribution is 2.22. The molecule has 0 aliphatic rings. The maximum Gasteiger partial charge on any atom is 0.319 e. The Balaban J connectivity index is 1.90. The number of hydrogen-bond donors (Lipinski definition) is 2. The van der Waals surface area contributed by atoms with Crippen molar-refractivity contribution in [3.63, 3.8) is 0 Å². The number of nitrogens with one attached hydrogen (secondary N) is 2. The average Bonchev–Trinajstić information content (AvgIpc) is 2.62. The highest BCUT2D eigenvalue weighted by atomic mass is 35.5. The van der Waals surface area contributed by atoms with Gasteiger partial charge in [0.25, 0.3) is 0 Å². The lowest BCUT2D eigenvalue weighted by atomic mass is 10.1. The fourth-order valence-corrected chi connectivity index (χ4v) is 2.88. The second kappa shape index (κ2) is 9.25. The monoisotopic (exact) mass is 373 g/mol. The first-order valence-corrected chi connectivity index (χ1v) is 8.95. The van der Waals surface area contributed by atoms with Crippen molar-refractivity contribution in [3.8, 4) is 0 Å². The summed E-state index contributed by atoms with van der Waals surface area (Å²) in [7, 11) is 0. The van der Waals surface area contributed by atoms with E-state index in [1.165, 1.54) is 0 Å². The standard InChI is InChI=1S/C20H24ClN3O2/c1-4-24(15(3)25)14(2)17-7-11-19(12-8-17)23-20(26)22-13-16-5-9-18(21)10-6-16/h5-12,14H,4,13H2,1-3H3,(H2,22,23,26)/t14-/m0/s1. The fourth-order valence-electron chi connectivity index (χ4n) is 2.75. The molecule has 0 aliphatic heterocycles. The van der Waals surface area contributed by atoms with Crippen LogP contribution < -0.4 is 10.6 Å². The van der Waals surface area contributed by atoms with Crippen LogP contribution in [0.15, 0.2) is 48.5 Å². The van der Waals surface area contributed by atoms with Crippen molar-refractivity contribution >= 4 is 29.2 Å². The maximum absolute atomic E-state index is 12.0. The van der Waals surface area contributed by atoms with Crippen molar-refractivity contribution < 1.29 is 9.59 Å². The number of rotatable bonds is 6. The summed E-state index contributed by atoms with van der Waals surface area (Å²) < 4.78 is 0. The van der Waals surface area contributed by atoms with E-state index in [0.717, 1.165) is 11.1 Å². The molecule has 0 saturated heterocycles. The molecule has 138 valence electrons. The van der Waals surface area contributed by atoms with Crippen molar-refractivity contribution in [2.24, 2.45) is 0 Å². The zero-order valence-electron chi connectivity index (χ0n) is 15.3. The van der Waals surface area contributed by atoms with Crippen LogP contribution in [0.5, 0.6) is 0 Å². The van der Waals surface area contributed by atoms with Crippen LogP contribution in [0.3, 0.4) is 0 Å². The smallest absolute Gasteiger partial charge is 0.319 e. The Labute approximate surface area is 159 Å². The molecule has 0 spiro atoms. The largest absolute Gasteiger partial charge is 0.336 e. The predicted octanol–water partition coefficient (Wildman–Crippen LogP) is 4.59. The Hall–Kier alpha value is -2.53. The summed E-state index contributed by atoms with van der Waals surface area (Å²) in [6.07, 6.45) is 0. The first-order valence-electron chi connectivity index (χ1n) is 8.57. The van der Waals surface area contributed by atoms with Gasteiger partial charge < -0.3 is 15.5 Å². The molecule has 2 aromatic rings. The van der Waals surface area contributed by atoms with Gasteiger partial charge in [-0.25, -0.2) is 4.79 Å². The zero-order valence-corrected chi connectivity index (χ0v) is 16.0. The molecule has 0 fully saturated rings. The van der Waals surface area contributed by atoms with Crippen molar-refractivity contribution in [1.29, 1.82) is 0 Å². The topological polar surface area (TPSA) is 61.4 Å². The first-order chi connectivity index (χ1) is 12.4. The Morgan fingerprint density at radius 1 is 1.08 bits per heavy atom. The Kier molecular flexibility index (Phi) is 7.04. The molecule has 2 N–H and O–H groups in total. The Bertz CT molecular complexity index is 745. The van der Waals surface area contributed by atoms with Gasteiger partial charge in [-0.2, -0.15) is 0 Å². The van der Waals surface area contributed by atoms with Crippen LogP contribution in [-0.4, -0.2) is 23.4 Å². The minimum atomic E-state index is -0.278. The summed E-state index contributed by atoms with van der Waals surface area (Å²) in [5.41, 5.74) is 2.69. The van der Waals surface area contributed by atoms with Crippen molar-refractivity contribution in [1.82, 2.24) is 10.2 Å². The highest BCUT2D eigenvalue weighted by Gasteiger charge is 2.16. The van der Waals surface area contributed by atoms with Gasteiger partial charge in [0, 0.05) is 30.7 Å². The quantitative estimate of drug-likeness (QED) is 0.777. The fraction of sp³-hybridized carbons (Fsp3) is 0.300. The molecular formula is C20H24ClN3O2. The van der Waals surface area contributed by atoms with Crippen LogP contribution in [0.4, 0.5) is 10.5 Å². The van der Waals surface area contributed by atoms with Crippen LogP contribution in [0, 0.1) is 0 Å². The van der Waals surface area contributed by atoms with E-state index in [2.05, 4.69) is 10.6 Å². The molecule has 0 heterocycles. The van der Waals surface area contributed by atoms with Gasteiger partial charge >= 0.3 is 6.03 Å². The van der Waals surface area contributed by atoms with Gasteiger partial charge in [0.2, 0.25) is 5.91 Å². The Morgan fingerprint density at radius 2 is 1.69 bits per heavy atom. The maximum atomic E-state index is 12.0. The molecule has 0 radical (unpaired) electrons. The summed E-state index contributed by atoms with van der Waals surface area (Å²) in [4.78, 5) is 25.5. The van der Waals surface area contributed by atoms with Gasteiger partial charge in [0.15, 0.2) is 0 Å². The molecule has 0 saturated carbocycles. The molecule has 0 unspecified atom stereocenters. The molecule has 3 amide bonds. The summed E-state index contributed by atoms with van der Waals surface area (Å²) in [6, 6.07) is 14.5. The van der Waals surface area contributed by atoms with Crippen LogP contribution in [-0.2, 0) is 11.3 Å². The molecule has 1 atom stereocenters. The number of anilines is 1. The molecule has 0 aliphatic carbocycles. The average molecular weight is 374 g/mol. The number of hydrogen-bond acceptors (Lipinski definition) is 2. The van der Waals surface area contributed by atoms with Gasteiger partial charge in [-0.3, -0.25) is 4.79 Å². The number of benzene rings is 2. The van der Waals surface area contributed by atoms with Gasteiger partial charge in [-0.1, -0.05) is 35.9 Å². The van der Waals surface area contributed by atoms with E-state index in [1.807, 2.05) is 50.2 Å². The third-order valence-corrected chi connectivity index (χ3v) is 4.48. The van der Waals surface area contributed by atoms with Gasteiger partial charge in [-0.05, 0) is 49.2 Å². The third kappa shape index (κ3) is 5.49. The Morgan fingerprint density at radius 3 is 2.23 bits per heavy atom. The van der Waals surface area contributed by atoms with E-state index >= 15 is 0 Å². The van der Waals surface area contributed by atoms with E-state index < -0.39 is 0 Å². The predicted molar refractivity (Wildman–Crippen MR) is 105 cm³/mol. The van der Waals surface area contributed by atoms with Crippen molar-refractivity contribution in [2.45, 2.75) is 33.4 Å². The SMILES string of the molecule is CCN(C(C)=O)[C@@H](C)c1ccc(NC(=O)NCc2ccc(Cl)cc2)cc1. The molecular weight excluding hydrogens is 350 g/mol. The number of amides is 3. The van der Waals surface area contributed by atoms with E-state index in [0.29, 0.717) is 23.8 Å². The molecule has 2 rings (SSSR count). The summed E-state index contributed by atoms with van der Waals surface area (Å²) in [6.45, 7) is 6.59. The number of halogens is 1. The van der Waals surface area contributed by atoms with E-state index in [4.69, 9.17) is 11.6 Å². The van der Waals surface area contributed by atoms with Crippen molar-refractivity contribution in [3.05, 3.63) is 64.7 Å². The number of urea groups is 1. The summed E-state index contributed by atoms with van der Waals surface area (Å²) >= 11 is 5.84. The van der Waals surface area contributed by atoms with Crippen LogP contribution >= 0.6 is 11.6 Å². The molecule has 2 aromatic carbocycles. The highest BCUT2D eigenvalue weighted by molar-refractivity contribution is 6.30. The lowest BCUT2D eigenvalue weighted by Crippen LogP contribution is -2.31. The van der Waals surface area contributed by atoms with Crippen molar-refractivity contribution in [2.75, 3.05) is 11.9 Å². The van der Waals surface area contributed by atoms with Crippen LogP contribution in [0.1, 0.15) is 37.9 Å². The molecule has 0 bridgehead atoms. The summed E-state index contributed by atoms with van der Waals surface area (Å²) in [5, 5.41) is 6.27. The van der Waals surface area contributed by atoms with Gasteiger partial charge in [-0.15, -0.1) is 0 Å². The third-order valence-electron chi connectivity index (χ3n) is 4.23. The zero-order chi connectivity index (χ0) is 19.1. The van der Waals surface area contributed by atoms with Crippen LogP contribution in [0.25, 0.3) is 0 Å². The first kappa shape index (κ1) is 19.8.